The molecule has 0 aliphatic heterocycles. The zero-order valence-electron chi connectivity index (χ0n) is 5.69. The van der Waals surface area contributed by atoms with E-state index >= 15 is 0 Å². The minimum Gasteiger partial charge on any atom is -0.385 e. The Kier molecular flexibility index (Phi) is 3.52. The lowest BCUT2D eigenvalue weighted by molar-refractivity contribution is -0.119. The molecular weight excluding hydrogens is 118 g/mol. The van der Waals surface area contributed by atoms with Crippen molar-refractivity contribution in [2.45, 2.75) is 26.4 Å². The third-order valence-electron chi connectivity index (χ3n) is 0.771. The van der Waals surface area contributed by atoms with Crippen LogP contribution in [-0.2, 0) is 4.79 Å². The number of nitrogens with one attached hydrogen (secondary N) is 1. The van der Waals surface area contributed by atoms with Gasteiger partial charge in [-0.2, -0.15) is 0 Å². The van der Waals surface area contributed by atoms with Gasteiger partial charge in [0.1, 0.15) is 8.96 Å². The molecule has 0 heterocycles. The van der Waals surface area contributed by atoms with Crippen LogP contribution in [0.3, 0.4) is 0 Å². The van der Waals surface area contributed by atoms with E-state index in [2.05, 4.69) is 18.1 Å². The molecule has 0 radical (unpaired) electrons. The monoisotopic (exact) mass is 131 g/mol. The first-order chi connectivity index (χ1) is 3.66. The van der Waals surface area contributed by atoms with Gasteiger partial charge >= 0.3 is 0 Å². The van der Waals surface area contributed by atoms with E-state index in [0.29, 0.717) is 6.42 Å². The lowest BCUT2D eigenvalue weighted by Crippen LogP contribution is -2.32. The second kappa shape index (κ2) is 3.66. The molecule has 0 spiro atoms. The molecule has 3 heteroatoms. The van der Waals surface area contributed by atoms with Crippen LogP contribution in [0.15, 0.2) is 0 Å². The van der Waals surface area contributed by atoms with Crippen molar-refractivity contribution in [1.82, 2.24) is 4.98 Å². The fourth-order valence-electron chi connectivity index (χ4n) is 0.424. The predicted molar refractivity (Wildman–Crippen MR) is 37.3 cm³/mol. The van der Waals surface area contributed by atoms with E-state index in [1.807, 2.05) is 6.92 Å². The molecule has 0 bridgehead atoms. The van der Waals surface area contributed by atoms with E-state index in [1.54, 1.807) is 0 Å². The van der Waals surface area contributed by atoms with Crippen molar-refractivity contribution >= 4 is 14.9 Å². The summed E-state index contributed by atoms with van der Waals surface area (Å²) in [6.07, 6.45) is 0.616. The topological polar surface area (TPSA) is 29.1 Å². The molecule has 0 saturated heterocycles. The van der Waals surface area contributed by atoms with Gasteiger partial charge in [0.25, 0.3) is 0 Å². The summed E-state index contributed by atoms with van der Waals surface area (Å²) in [5, 5.41) is 0. The average molecular weight is 131 g/mol. The summed E-state index contributed by atoms with van der Waals surface area (Å²) in [5.74, 6) is 0.187. The summed E-state index contributed by atoms with van der Waals surface area (Å²) in [6.45, 7) is 6.05. The van der Waals surface area contributed by atoms with Gasteiger partial charge in [0.05, 0.1) is 0 Å². The van der Waals surface area contributed by atoms with E-state index in [-0.39, 0.29) is 5.91 Å². The van der Waals surface area contributed by atoms with Gasteiger partial charge in [0.2, 0.25) is 5.91 Å². The van der Waals surface area contributed by atoms with Crippen LogP contribution in [0.1, 0.15) is 13.3 Å². The smallest absolute Gasteiger partial charge is 0.211 e. The second-order valence-corrected chi connectivity index (χ2v) is 4.67. The Morgan fingerprint density at radius 3 is 2.25 bits per heavy atom. The normalized spacial score (nSPS) is 9.50. The molecule has 0 saturated carbocycles. The van der Waals surface area contributed by atoms with Gasteiger partial charge in [0.15, 0.2) is 0 Å². The lowest BCUT2D eigenvalue weighted by atomic mass is 10.5. The van der Waals surface area contributed by atoms with E-state index in [0.717, 1.165) is 0 Å². The molecule has 0 aromatic rings. The maximum absolute atomic E-state index is 10.5. The van der Waals surface area contributed by atoms with Crippen LogP contribution < -0.4 is 4.98 Å². The quantitative estimate of drug-likeness (QED) is 0.543. The largest absolute Gasteiger partial charge is 0.385 e. The number of carbonyl (C=O) groups is 1. The van der Waals surface area contributed by atoms with Crippen molar-refractivity contribution < 1.29 is 4.79 Å². The zero-order valence-corrected chi connectivity index (χ0v) is 6.85. The molecule has 0 unspecified atom stereocenters. The second-order valence-electron chi connectivity index (χ2n) is 2.08. The summed E-state index contributed by atoms with van der Waals surface area (Å²) in [4.78, 5) is 13.4. The van der Waals surface area contributed by atoms with E-state index in [9.17, 15) is 4.79 Å². The minimum absolute atomic E-state index is 0.187. The Morgan fingerprint density at radius 1 is 1.62 bits per heavy atom. The van der Waals surface area contributed by atoms with Crippen LogP contribution in [0.2, 0.25) is 13.1 Å². The molecule has 1 amide bonds. The van der Waals surface area contributed by atoms with Gasteiger partial charge in [-0.25, -0.2) is 0 Å². The van der Waals surface area contributed by atoms with E-state index in [1.165, 1.54) is 0 Å². The van der Waals surface area contributed by atoms with Crippen molar-refractivity contribution in [3.8, 4) is 0 Å². The Morgan fingerprint density at radius 2 is 2.12 bits per heavy atom. The molecule has 0 fully saturated rings. The highest BCUT2D eigenvalue weighted by molar-refractivity contribution is 6.55. The van der Waals surface area contributed by atoms with Gasteiger partial charge in [-0.15, -0.1) is 0 Å². The van der Waals surface area contributed by atoms with Crippen LogP contribution in [-0.4, -0.2) is 14.9 Å². The molecule has 0 aliphatic carbocycles. The summed E-state index contributed by atoms with van der Waals surface area (Å²) < 4.78 is 0. The van der Waals surface area contributed by atoms with Crippen LogP contribution in [0.4, 0.5) is 0 Å². The van der Waals surface area contributed by atoms with Crippen LogP contribution in [0.5, 0.6) is 0 Å². The maximum Gasteiger partial charge on any atom is 0.211 e. The van der Waals surface area contributed by atoms with Crippen molar-refractivity contribution in [3.63, 3.8) is 0 Å². The SMILES string of the molecule is CCC(=O)N[SiH](C)C. The molecule has 48 valence electrons. The first-order valence-corrected chi connectivity index (χ1v) is 5.84. The first kappa shape index (κ1) is 7.69. The third kappa shape index (κ3) is 3.86. The molecule has 0 aromatic carbocycles. The fraction of sp³-hybridized carbons (Fsp3) is 0.800. The first-order valence-electron chi connectivity index (χ1n) is 2.96. The van der Waals surface area contributed by atoms with E-state index < -0.39 is 8.96 Å². The van der Waals surface area contributed by atoms with Crippen molar-refractivity contribution in [3.05, 3.63) is 0 Å². The fourth-order valence-corrected chi connectivity index (χ4v) is 1.27. The summed E-state index contributed by atoms with van der Waals surface area (Å²) in [6, 6.07) is 0. The predicted octanol–water partition coefficient (Wildman–Crippen LogP) is 0.496. The zero-order chi connectivity index (χ0) is 6.57. The Hall–Kier alpha value is -0.313. The number of rotatable bonds is 2. The summed E-state index contributed by atoms with van der Waals surface area (Å²) in [7, 11) is -0.846. The lowest BCUT2D eigenvalue weighted by Gasteiger charge is -2.02. The Labute approximate surface area is 52.0 Å². The summed E-state index contributed by atoms with van der Waals surface area (Å²) in [5.41, 5.74) is 0. The van der Waals surface area contributed by atoms with Crippen LogP contribution >= 0.6 is 0 Å². The number of carbonyl (C=O) groups excluding carboxylic acids is 1. The molecule has 0 atom stereocenters. The Balaban J connectivity index is 3.25. The van der Waals surface area contributed by atoms with Gasteiger partial charge in [-0.3, -0.25) is 4.79 Å². The third-order valence-corrected chi connectivity index (χ3v) is 1.67. The molecule has 8 heavy (non-hydrogen) atoms. The molecular formula is C5H13NOSi. The van der Waals surface area contributed by atoms with Crippen molar-refractivity contribution in [2.24, 2.45) is 0 Å². The minimum atomic E-state index is -0.846. The van der Waals surface area contributed by atoms with Gasteiger partial charge in [-0.1, -0.05) is 20.0 Å². The van der Waals surface area contributed by atoms with Gasteiger partial charge in [0, 0.05) is 6.42 Å². The van der Waals surface area contributed by atoms with Crippen molar-refractivity contribution in [2.75, 3.05) is 0 Å². The van der Waals surface area contributed by atoms with Gasteiger partial charge < -0.3 is 4.98 Å². The highest BCUT2D eigenvalue weighted by atomic mass is 28.3. The number of amides is 1. The van der Waals surface area contributed by atoms with Crippen molar-refractivity contribution in [1.29, 1.82) is 0 Å². The average Bonchev–Trinajstić information content (AvgIpc) is 1.65. The summed E-state index contributed by atoms with van der Waals surface area (Å²) >= 11 is 0. The molecule has 0 rings (SSSR count). The highest BCUT2D eigenvalue weighted by Gasteiger charge is 1.97. The van der Waals surface area contributed by atoms with Gasteiger partial charge in [-0.05, 0) is 0 Å². The van der Waals surface area contributed by atoms with Crippen LogP contribution in [0, 0.1) is 0 Å². The van der Waals surface area contributed by atoms with E-state index in [4.69, 9.17) is 0 Å². The molecule has 0 aromatic heterocycles. The highest BCUT2D eigenvalue weighted by Crippen LogP contribution is 1.76. The molecule has 1 N–H and O–H groups in total. The Bertz CT molecular complexity index is 82.5. The standard InChI is InChI=1S/C5H13NOSi/c1-4-5(7)6-8(2)3/h8H,4H2,1-3H3,(H,6,7). The molecule has 0 aliphatic rings. The maximum atomic E-state index is 10.5. The molecule has 2 nitrogen and oxygen atoms in total. The number of hydrogen-bond donors (Lipinski definition) is 1. The van der Waals surface area contributed by atoms with Crippen LogP contribution in [0.25, 0.3) is 0 Å². The number of hydrogen-bond acceptors (Lipinski definition) is 1.